The Balaban J connectivity index is 1.76. The first-order chi connectivity index (χ1) is 13.1. The first-order valence-electron chi connectivity index (χ1n) is 8.66. The van der Waals surface area contributed by atoms with Crippen LogP contribution in [0.25, 0.3) is 5.65 Å². The first-order valence-corrected chi connectivity index (χ1v) is 8.66. The summed E-state index contributed by atoms with van der Waals surface area (Å²) in [5, 5.41) is 0. The number of carbonyl (C=O) groups is 1. The number of carbonyl (C=O) groups excluding carboxylic acids is 1. The quantitative estimate of drug-likeness (QED) is 0.597. The number of pyridine rings is 1. The maximum absolute atomic E-state index is 12.4. The van der Waals surface area contributed by atoms with Crippen molar-refractivity contribution in [3.63, 3.8) is 0 Å². The van der Waals surface area contributed by atoms with Gasteiger partial charge < -0.3 is 14.2 Å². The van der Waals surface area contributed by atoms with Crippen LogP contribution in [0.15, 0.2) is 53.5 Å². The molecule has 0 fully saturated rings. The van der Waals surface area contributed by atoms with Crippen LogP contribution in [0.4, 0.5) is 0 Å². The van der Waals surface area contributed by atoms with Crippen molar-refractivity contribution in [3.05, 3.63) is 70.3 Å². The van der Waals surface area contributed by atoms with E-state index in [-0.39, 0.29) is 12.2 Å². The average Bonchev–Trinajstić information content (AvgIpc) is 2.68. The van der Waals surface area contributed by atoms with Crippen molar-refractivity contribution in [2.45, 2.75) is 20.5 Å². The van der Waals surface area contributed by atoms with Crippen molar-refractivity contribution < 1.29 is 19.0 Å². The molecule has 2 heterocycles. The second-order valence-corrected chi connectivity index (χ2v) is 5.62. The fourth-order valence-electron chi connectivity index (χ4n) is 2.58. The van der Waals surface area contributed by atoms with E-state index >= 15 is 0 Å². The topological polar surface area (TPSA) is 79.1 Å². The third-order valence-corrected chi connectivity index (χ3v) is 3.75. The summed E-state index contributed by atoms with van der Waals surface area (Å²) in [5.41, 5.74) is 0.983. The Bertz CT molecular complexity index is 1010. The van der Waals surface area contributed by atoms with Gasteiger partial charge in [-0.15, -0.1) is 0 Å². The zero-order valence-electron chi connectivity index (χ0n) is 15.2. The van der Waals surface area contributed by atoms with E-state index in [4.69, 9.17) is 14.2 Å². The number of ether oxygens (including phenoxy) is 3. The lowest BCUT2D eigenvalue weighted by Gasteiger charge is -2.12. The Labute approximate surface area is 156 Å². The molecular weight excluding hydrogens is 348 g/mol. The minimum absolute atomic E-state index is 0.101. The van der Waals surface area contributed by atoms with Crippen molar-refractivity contribution in [1.29, 1.82) is 0 Å². The Morgan fingerprint density at radius 1 is 1.04 bits per heavy atom. The van der Waals surface area contributed by atoms with Crippen LogP contribution in [0, 0.1) is 0 Å². The standard InChI is InChI=1S/C20H20N2O5/c1-3-25-16-9-8-14(11-17(16)26-4-2)20(24)27-13-15-12-19(23)22-10-6-5-7-18(22)21-15/h5-12H,3-4,13H2,1-2H3. The summed E-state index contributed by atoms with van der Waals surface area (Å²) < 4.78 is 17.7. The molecule has 140 valence electrons. The molecule has 0 radical (unpaired) electrons. The summed E-state index contributed by atoms with van der Waals surface area (Å²) in [5.74, 6) is 0.519. The van der Waals surface area contributed by atoms with E-state index in [9.17, 15) is 9.59 Å². The zero-order chi connectivity index (χ0) is 19.2. The van der Waals surface area contributed by atoms with E-state index in [2.05, 4.69) is 4.98 Å². The molecule has 0 amide bonds. The van der Waals surface area contributed by atoms with Crippen LogP contribution in [0.2, 0.25) is 0 Å². The number of benzene rings is 1. The minimum Gasteiger partial charge on any atom is -0.490 e. The first kappa shape index (κ1) is 18.4. The van der Waals surface area contributed by atoms with Crippen LogP contribution in [0.3, 0.4) is 0 Å². The highest BCUT2D eigenvalue weighted by molar-refractivity contribution is 5.90. The Kier molecular flexibility index (Phi) is 5.71. The van der Waals surface area contributed by atoms with E-state index in [0.717, 1.165) is 0 Å². The molecule has 0 bridgehead atoms. The monoisotopic (exact) mass is 368 g/mol. The number of esters is 1. The summed E-state index contributed by atoms with van der Waals surface area (Å²) in [4.78, 5) is 28.8. The molecule has 0 unspecified atom stereocenters. The summed E-state index contributed by atoms with van der Waals surface area (Å²) in [6.45, 7) is 4.56. The predicted octanol–water partition coefficient (Wildman–Crippen LogP) is 2.85. The van der Waals surface area contributed by atoms with Gasteiger partial charge in [0.05, 0.1) is 24.5 Å². The second-order valence-electron chi connectivity index (χ2n) is 5.62. The fraction of sp³-hybridized carbons (Fsp3) is 0.250. The number of aromatic nitrogens is 2. The van der Waals surface area contributed by atoms with Crippen molar-refractivity contribution in [2.75, 3.05) is 13.2 Å². The van der Waals surface area contributed by atoms with Crippen LogP contribution in [-0.2, 0) is 11.3 Å². The van der Waals surface area contributed by atoms with Gasteiger partial charge in [0.25, 0.3) is 5.56 Å². The van der Waals surface area contributed by atoms with Gasteiger partial charge in [0, 0.05) is 12.3 Å². The molecular formula is C20H20N2O5. The number of fused-ring (bicyclic) bond motifs is 1. The molecule has 0 aliphatic rings. The molecule has 3 rings (SSSR count). The van der Waals surface area contributed by atoms with E-state index in [1.54, 1.807) is 42.6 Å². The number of hydrogen-bond donors (Lipinski definition) is 0. The SMILES string of the molecule is CCOc1ccc(C(=O)OCc2cc(=O)n3ccccc3n2)cc1OCC. The summed E-state index contributed by atoms with van der Waals surface area (Å²) in [6.07, 6.45) is 1.63. The van der Waals surface area contributed by atoms with E-state index in [1.165, 1.54) is 10.5 Å². The molecule has 3 aromatic rings. The minimum atomic E-state index is -0.533. The number of rotatable bonds is 7. The fourth-order valence-corrected chi connectivity index (χ4v) is 2.58. The molecule has 0 atom stereocenters. The largest absolute Gasteiger partial charge is 0.490 e. The molecule has 7 nitrogen and oxygen atoms in total. The molecule has 2 aromatic heterocycles. The lowest BCUT2D eigenvalue weighted by Crippen LogP contribution is -2.16. The van der Waals surface area contributed by atoms with Gasteiger partial charge in [-0.1, -0.05) is 6.07 Å². The van der Waals surface area contributed by atoms with Crippen LogP contribution in [0.1, 0.15) is 29.9 Å². The molecule has 0 spiro atoms. The number of hydrogen-bond acceptors (Lipinski definition) is 6. The maximum atomic E-state index is 12.4. The molecule has 0 aliphatic carbocycles. The van der Waals surface area contributed by atoms with Crippen molar-refractivity contribution >= 4 is 11.6 Å². The van der Waals surface area contributed by atoms with Gasteiger partial charge in [0.15, 0.2) is 11.5 Å². The van der Waals surface area contributed by atoms with E-state index < -0.39 is 5.97 Å². The summed E-state index contributed by atoms with van der Waals surface area (Å²) >= 11 is 0. The van der Waals surface area contributed by atoms with Crippen LogP contribution >= 0.6 is 0 Å². The van der Waals surface area contributed by atoms with Crippen LogP contribution in [-0.4, -0.2) is 28.6 Å². The Morgan fingerprint density at radius 3 is 2.59 bits per heavy atom. The molecule has 27 heavy (non-hydrogen) atoms. The van der Waals surface area contributed by atoms with Crippen LogP contribution in [0.5, 0.6) is 11.5 Å². The van der Waals surface area contributed by atoms with Gasteiger partial charge >= 0.3 is 5.97 Å². The summed E-state index contributed by atoms with van der Waals surface area (Å²) in [7, 11) is 0. The molecule has 0 N–H and O–H groups in total. The van der Waals surface area contributed by atoms with E-state index in [0.29, 0.717) is 41.6 Å². The molecule has 0 saturated heterocycles. The van der Waals surface area contributed by atoms with Crippen molar-refractivity contribution in [1.82, 2.24) is 9.38 Å². The highest BCUT2D eigenvalue weighted by atomic mass is 16.5. The Hall–Kier alpha value is -3.35. The molecule has 0 aliphatic heterocycles. The predicted molar refractivity (Wildman–Crippen MR) is 99.4 cm³/mol. The second kappa shape index (κ2) is 8.35. The highest BCUT2D eigenvalue weighted by Gasteiger charge is 2.13. The normalized spacial score (nSPS) is 10.6. The summed E-state index contributed by atoms with van der Waals surface area (Å²) in [6, 6.07) is 11.5. The van der Waals surface area contributed by atoms with E-state index in [1.807, 2.05) is 13.8 Å². The van der Waals surface area contributed by atoms with Crippen molar-refractivity contribution in [3.8, 4) is 11.5 Å². The Morgan fingerprint density at radius 2 is 1.81 bits per heavy atom. The molecule has 0 saturated carbocycles. The average molecular weight is 368 g/mol. The maximum Gasteiger partial charge on any atom is 0.338 e. The zero-order valence-corrected chi connectivity index (χ0v) is 15.2. The van der Waals surface area contributed by atoms with Gasteiger partial charge in [0.2, 0.25) is 0 Å². The van der Waals surface area contributed by atoms with Gasteiger partial charge in [-0.2, -0.15) is 0 Å². The third kappa shape index (κ3) is 4.25. The van der Waals surface area contributed by atoms with Crippen LogP contribution < -0.4 is 15.0 Å². The number of nitrogens with zero attached hydrogens (tertiary/aromatic N) is 2. The lowest BCUT2D eigenvalue weighted by atomic mass is 10.2. The van der Waals surface area contributed by atoms with Gasteiger partial charge in [-0.3, -0.25) is 9.20 Å². The van der Waals surface area contributed by atoms with Gasteiger partial charge in [-0.05, 0) is 44.2 Å². The van der Waals surface area contributed by atoms with Gasteiger partial charge in [0.1, 0.15) is 12.3 Å². The van der Waals surface area contributed by atoms with Crippen molar-refractivity contribution in [2.24, 2.45) is 0 Å². The smallest absolute Gasteiger partial charge is 0.338 e. The lowest BCUT2D eigenvalue weighted by molar-refractivity contribution is 0.0467. The van der Waals surface area contributed by atoms with Gasteiger partial charge in [-0.25, -0.2) is 9.78 Å². The molecule has 1 aromatic carbocycles. The third-order valence-electron chi connectivity index (χ3n) is 3.75. The molecule has 7 heteroatoms. The highest BCUT2D eigenvalue weighted by Crippen LogP contribution is 2.28.